The van der Waals surface area contributed by atoms with Crippen LogP contribution in [0.3, 0.4) is 0 Å². The van der Waals surface area contributed by atoms with E-state index in [4.69, 9.17) is 10.5 Å². The summed E-state index contributed by atoms with van der Waals surface area (Å²) in [6.45, 7) is 0.951. The fraction of sp³-hybridized carbons (Fsp3) is 0.429. The van der Waals surface area contributed by atoms with E-state index in [1.165, 1.54) is 4.90 Å². The van der Waals surface area contributed by atoms with Gasteiger partial charge in [0.2, 0.25) is 11.8 Å². The van der Waals surface area contributed by atoms with E-state index in [0.29, 0.717) is 19.6 Å². The van der Waals surface area contributed by atoms with Gasteiger partial charge < -0.3 is 15.4 Å². The maximum Gasteiger partial charge on any atom is 0.242 e. The van der Waals surface area contributed by atoms with E-state index in [0.717, 1.165) is 5.56 Å². The van der Waals surface area contributed by atoms with Gasteiger partial charge in [0.05, 0.1) is 18.5 Å². The first-order valence-corrected chi connectivity index (χ1v) is 7.00. The topological polar surface area (TPSA) is 72.6 Å². The van der Waals surface area contributed by atoms with Gasteiger partial charge >= 0.3 is 0 Å². The molecule has 1 heterocycles. The lowest BCUT2D eigenvalue weighted by atomic mass is 10.1. The van der Waals surface area contributed by atoms with Crippen molar-refractivity contribution in [1.29, 1.82) is 0 Å². The molecule has 2 rings (SSSR count). The predicted octanol–water partition coefficient (Wildman–Crippen LogP) is 0.240. The molecule has 0 aromatic heterocycles. The number of rotatable bonds is 4. The van der Waals surface area contributed by atoms with Crippen LogP contribution in [0.25, 0.3) is 0 Å². The third-order valence-corrected chi connectivity index (χ3v) is 3.70. The van der Waals surface area contributed by atoms with Crippen LogP contribution < -0.4 is 5.73 Å². The van der Waals surface area contributed by atoms with Crippen LogP contribution in [-0.2, 0) is 20.7 Å². The molecular formula is C14H18N2O3S. The lowest BCUT2D eigenvalue weighted by molar-refractivity contribution is -0.146. The van der Waals surface area contributed by atoms with Gasteiger partial charge in [-0.3, -0.25) is 9.59 Å². The van der Waals surface area contributed by atoms with Crippen LogP contribution in [-0.4, -0.2) is 47.8 Å². The van der Waals surface area contributed by atoms with Crippen LogP contribution in [0.5, 0.6) is 0 Å². The lowest BCUT2D eigenvalue weighted by Gasteiger charge is -2.35. The SMILES string of the molecule is NC(=O)C1COCCN1C(=O)C(S)Cc1ccccc1. The minimum atomic E-state index is -0.693. The van der Waals surface area contributed by atoms with Gasteiger partial charge in [-0.25, -0.2) is 0 Å². The van der Waals surface area contributed by atoms with Crippen molar-refractivity contribution < 1.29 is 14.3 Å². The van der Waals surface area contributed by atoms with Crippen LogP contribution in [0.15, 0.2) is 30.3 Å². The number of nitrogens with zero attached hydrogens (tertiary/aromatic N) is 1. The number of hydrogen-bond acceptors (Lipinski definition) is 4. The highest BCUT2D eigenvalue weighted by molar-refractivity contribution is 7.81. The second-order valence-corrected chi connectivity index (χ2v) is 5.35. The van der Waals surface area contributed by atoms with Crippen molar-refractivity contribution in [3.8, 4) is 0 Å². The average molecular weight is 294 g/mol. The van der Waals surface area contributed by atoms with Gasteiger partial charge in [0.15, 0.2) is 0 Å². The second-order valence-electron chi connectivity index (χ2n) is 4.73. The number of thiol groups is 1. The molecular weight excluding hydrogens is 276 g/mol. The number of primary amides is 1. The van der Waals surface area contributed by atoms with Crippen molar-refractivity contribution in [2.45, 2.75) is 17.7 Å². The van der Waals surface area contributed by atoms with E-state index in [2.05, 4.69) is 12.6 Å². The third-order valence-electron chi connectivity index (χ3n) is 3.30. The number of amides is 2. The molecule has 1 aromatic carbocycles. The maximum absolute atomic E-state index is 12.4. The van der Waals surface area contributed by atoms with Crippen LogP contribution in [0.4, 0.5) is 0 Å². The molecule has 5 nitrogen and oxygen atoms in total. The molecule has 0 radical (unpaired) electrons. The molecule has 1 aliphatic heterocycles. The van der Waals surface area contributed by atoms with E-state index >= 15 is 0 Å². The molecule has 0 aliphatic carbocycles. The molecule has 1 saturated heterocycles. The van der Waals surface area contributed by atoms with Crippen molar-refractivity contribution in [3.63, 3.8) is 0 Å². The lowest BCUT2D eigenvalue weighted by Crippen LogP contribution is -2.56. The summed E-state index contributed by atoms with van der Waals surface area (Å²) < 4.78 is 5.20. The summed E-state index contributed by atoms with van der Waals surface area (Å²) >= 11 is 4.37. The molecule has 2 N–H and O–H groups in total. The van der Waals surface area contributed by atoms with Crippen molar-refractivity contribution in [3.05, 3.63) is 35.9 Å². The number of morpholine rings is 1. The summed E-state index contributed by atoms with van der Waals surface area (Å²) in [7, 11) is 0. The highest BCUT2D eigenvalue weighted by atomic mass is 32.1. The quantitative estimate of drug-likeness (QED) is 0.781. The molecule has 2 amide bonds. The summed E-state index contributed by atoms with van der Waals surface area (Å²) in [6.07, 6.45) is 0.519. The van der Waals surface area contributed by atoms with Gasteiger partial charge in [-0.15, -0.1) is 0 Å². The van der Waals surface area contributed by atoms with Crippen molar-refractivity contribution in [1.82, 2.24) is 4.90 Å². The van der Waals surface area contributed by atoms with Crippen molar-refractivity contribution >= 4 is 24.4 Å². The molecule has 0 spiro atoms. The second kappa shape index (κ2) is 6.76. The van der Waals surface area contributed by atoms with E-state index in [-0.39, 0.29) is 12.5 Å². The zero-order valence-corrected chi connectivity index (χ0v) is 12.0. The minimum absolute atomic E-state index is 0.160. The number of benzene rings is 1. The Labute approximate surface area is 123 Å². The van der Waals surface area contributed by atoms with Gasteiger partial charge in [-0.1, -0.05) is 30.3 Å². The van der Waals surface area contributed by atoms with E-state index < -0.39 is 17.2 Å². The fourth-order valence-corrected chi connectivity index (χ4v) is 2.58. The number of nitrogens with two attached hydrogens (primary N) is 1. The molecule has 1 aliphatic rings. The Morgan fingerprint density at radius 3 is 2.75 bits per heavy atom. The summed E-state index contributed by atoms with van der Waals surface area (Å²) in [5.74, 6) is -0.720. The first-order valence-electron chi connectivity index (χ1n) is 6.49. The highest BCUT2D eigenvalue weighted by Crippen LogP contribution is 2.15. The van der Waals surface area contributed by atoms with Crippen LogP contribution in [0.2, 0.25) is 0 Å². The largest absolute Gasteiger partial charge is 0.377 e. The van der Waals surface area contributed by atoms with Gasteiger partial charge in [-0.2, -0.15) is 12.6 Å². The van der Waals surface area contributed by atoms with Crippen molar-refractivity contribution in [2.24, 2.45) is 5.73 Å². The zero-order chi connectivity index (χ0) is 14.5. The van der Waals surface area contributed by atoms with Gasteiger partial charge in [0.25, 0.3) is 0 Å². The normalized spacial score (nSPS) is 20.4. The average Bonchev–Trinajstić information content (AvgIpc) is 2.47. The molecule has 20 heavy (non-hydrogen) atoms. The van der Waals surface area contributed by atoms with Crippen LogP contribution in [0.1, 0.15) is 5.56 Å². The van der Waals surface area contributed by atoms with Crippen molar-refractivity contribution in [2.75, 3.05) is 19.8 Å². The van der Waals surface area contributed by atoms with Gasteiger partial charge in [0, 0.05) is 6.54 Å². The summed E-state index contributed by atoms with van der Waals surface area (Å²) in [5.41, 5.74) is 6.34. The molecule has 2 atom stereocenters. The third kappa shape index (κ3) is 3.52. The predicted molar refractivity (Wildman–Crippen MR) is 78.4 cm³/mol. The Morgan fingerprint density at radius 2 is 2.10 bits per heavy atom. The Kier molecular flexibility index (Phi) is 5.03. The number of ether oxygens (including phenoxy) is 1. The maximum atomic E-state index is 12.4. The highest BCUT2D eigenvalue weighted by Gasteiger charge is 2.33. The molecule has 2 unspecified atom stereocenters. The Hall–Kier alpha value is -1.53. The molecule has 0 bridgehead atoms. The molecule has 6 heteroatoms. The summed E-state index contributed by atoms with van der Waals surface area (Å²) in [6, 6.07) is 8.96. The molecule has 1 fully saturated rings. The monoisotopic (exact) mass is 294 g/mol. The van der Waals surface area contributed by atoms with E-state index in [1.807, 2.05) is 30.3 Å². The summed E-state index contributed by atoms with van der Waals surface area (Å²) in [4.78, 5) is 25.3. The molecule has 1 aromatic rings. The number of hydrogen-bond donors (Lipinski definition) is 2. The first-order chi connectivity index (χ1) is 9.59. The minimum Gasteiger partial charge on any atom is -0.377 e. The van der Waals surface area contributed by atoms with Gasteiger partial charge in [0.1, 0.15) is 6.04 Å². The summed E-state index contributed by atoms with van der Waals surface area (Å²) in [5, 5.41) is -0.489. The standard InChI is InChI=1S/C14H18N2O3S/c15-13(17)11-9-19-7-6-16(11)14(18)12(20)8-10-4-2-1-3-5-10/h1-5,11-12,20H,6-9H2,(H2,15,17). The Morgan fingerprint density at radius 1 is 1.40 bits per heavy atom. The smallest absolute Gasteiger partial charge is 0.242 e. The van der Waals surface area contributed by atoms with Gasteiger partial charge in [-0.05, 0) is 12.0 Å². The first kappa shape index (κ1) is 14.9. The molecule has 0 saturated carbocycles. The van der Waals surface area contributed by atoms with Crippen LogP contribution >= 0.6 is 12.6 Å². The van der Waals surface area contributed by atoms with E-state index in [9.17, 15) is 9.59 Å². The zero-order valence-electron chi connectivity index (χ0n) is 11.1. The fourth-order valence-electron chi connectivity index (χ4n) is 2.22. The number of carbonyl (C=O) groups is 2. The Balaban J connectivity index is 2.03. The molecule has 108 valence electrons. The van der Waals surface area contributed by atoms with Crippen LogP contribution in [0, 0.1) is 0 Å². The Bertz CT molecular complexity index is 481. The number of carbonyl (C=O) groups excluding carboxylic acids is 2. The van der Waals surface area contributed by atoms with E-state index in [1.54, 1.807) is 0 Å².